The van der Waals surface area contributed by atoms with Crippen molar-refractivity contribution in [2.45, 2.75) is 25.3 Å². The fourth-order valence-electron chi connectivity index (χ4n) is 3.08. The summed E-state index contributed by atoms with van der Waals surface area (Å²) < 4.78 is 4.91. The Morgan fingerprint density at radius 3 is 2.54 bits per heavy atom. The second kappa shape index (κ2) is 7.35. The first-order valence-corrected chi connectivity index (χ1v) is 8.25. The number of ether oxygens (including phenoxy) is 1. The van der Waals surface area contributed by atoms with Gasteiger partial charge in [-0.25, -0.2) is 4.79 Å². The Labute approximate surface area is 149 Å². The normalized spacial score (nSPS) is 15.8. The van der Waals surface area contributed by atoms with E-state index in [4.69, 9.17) is 4.74 Å². The number of carbonyl (C=O) groups excluding carboxylic acids is 2. The van der Waals surface area contributed by atoms with E-state index in [0.29, 0.717) is 0 Å². The Bertz CT molecular complexity index is 825. The Kier molecular flexibility index (Phi) is 4.97. The minimum absolute atomic E-state index is 0.118. The topological polar surface area (TPSA) is 116 Å². The van der Waals surface area contributed by atoms with Crippen molar-refractivity contribution in [3.05, 3.63) is 53.1 Å². The molecule has 0 saturated carbocycles. The molecule has 136 valence electrons. The second-order valence-corrected chi connectivity index (χ2v) is 6.15. The van der Waals surface area contributed by atoms with E-state index in [0.717, 1.165) is 37.0 Å². The number of aryl methyl sites for hydroxylation is 1. The van der Waals surface area contributed by atoms with Crippen LogP contribution in [-0.4, -0.2) is 33.8 Å². The van der Waals surface area contributed by atoms with Crippen molar-refractivity contribution in [2.24, 2.45) is 0 Å². The van der Waals surface area contributed by atoms with Crippen molar-refractivity contribution in [1.29, 1.82) is 0 Å². The molecule has 3 rings (SSSR count). The quantitative estimate of drug-likeness (QED) is 0.492. The highest BCUT2D eigenvalue weighted by atomic mass is 16.5. The Hall–Kier alpha value is -3.22. The first kappa shape index (κ1) is 17.6. The predicted octanol–water partition coefficient (Wildman–Crippen LogP) is 2.15. The van der Waals surface area contributed by atoms with Crippen LogP contribution >= 0.6 is 0 Å². The van der Waals surface area contributed by atoms with Crippen LogP contribution in [-0.2, 0) is 16.0 Å². The van der Waals surface area contributed by atoms with Crippen LogP contribution in [0.2, 0.25) is 0 Å². The number of nitrogens with one attached hydrogen (secondary N) is 1. The maximum atomic E-state index is 12.1. The SMILES string of the molecule is O=C(COC(=O)c1cc(O)c(O)c(O)c1)N[C@H]1CCCc2ccccc21. The zero-order valence-electron chi connectivity index (χ0n) is 13.9. The van der Waals surface area contributed by atoms with Gasteiger partial charge in [-0.3, -0.25) is 4.79 Å². The van der Waals surface area contributed by atoms with Crippen LogP contribution in [0.3, 0.4) is 0 Å². The fraction of sp³-hybridized carbons (Fsp3) is 0.263. The molecule has 0 aromatic heterocycles. The Morgan fingerprint density at radius 1 is 1.12 bits per heavy atom. The number of hydrogen-bond donors (Lipinski definition) is 4. The van der Waals surface area contributed by atoms with Gasteiger partial charge >= 0.3 is 5.97 Å². The van der Waals surface area contributed by atoms with Gasteiger partial charge in [0, 0.05) is 0 Å². The minimum Gasteiger partial charge on any atom is -0.504 e. The highest BCUT2D eigenvalue weighted by molar-refractivity contribution is 5.92. The van der Waals surface area contributed by atoms with E-state index >= 15 is 0 Å². The maximum absolute atomic E-state index is 12.1. The van der Waals surface area contributed by atoms with E-state index in [2.05, 4.69) is 5.32 Å². The van der Waals surface area contributed by atoms with E-state index < -0.39 is 35.7 Å². The molecule has 1 aliphatic carbocycles. The summed E-state index contributed by atoms with van der Waals surface area (Å²) in [5.41, 5.74) is 2.11. The summed E-state index contributed by atoms with van der Waals surface area (Å²) in [7, 11) is 0. The number of esters is 1. The summed E-state index contributed by atoms with van der Waals surface area (Å²) in [4.78, 5) is 24.1. The zero-order chi connectivity index (χ0) is 18.7. The zero-order valence-corrected chi connectivity index (χ0v) is 13.9. The van der Waals surface area contributed by atoms with Gasteiger partial charge in [0.15, 0.2) is 23.9 Å². The Morgan fingerprint density at radius 2 is 1.81 bits per heavy atom. The van der Waals surface area contributed by atoms with Crippen molar-refractivity contribution in [3.63, 3.8) is 0 Å². The third-order valence-electron chi connectivity index (χ3n) is 4.34. The molecule has 26 heavy (non-hydrogen) atoms. The predicted molar refractivity (Wildman–Crippen MR) is 92.0 cm³/mol. The van der Waals surface area contributed by atoms with Gasteiger partial charge in [-0.05, 0) is 42.5 Å². The maximum Gasteiger partial charge on any atom is 0.338 e. The second-order valence-electron chi connectivity index (χ2n) is 6.15. The fourth-order valence-corrected chi connectivity index (χ4v) is 3.08. The third kappa shape index (κ3) is 3.72. The number of fused-ring (bicyclic) bond motifs is 1. The molecule has 0 heterocycles. The number of carbonyl (C=O) groups is 2. The Balaban J connectivity index is 1.59. The van der Waals surface area contributed by atoms with Crippen LogP contribution in [0.4, 0.5) is 0 Å². The molecule has 0 aliphatic heterocycles. The highest BCUT2D eigenvalue weighted by Gasteiger charge is 2.22. The van der Waals surface area contributed by atoms with Crippen molar-refractivity contribution in [3.8, 4) is 17.2 Å². The van der Waals surface area contributed by atoms with E-state index in [1.807, 2.05) is 24.3 Å². The van der Waals surface area contributed by atoms with Crippen LogP contribution in [0, 0.1) is 0 Å². The number of amides is 1. The number of phenolic OH excluding ortho intramolecular Hbond substituents is 3. The molecule has 4 N–H and O–H groups in total. The van der Waals surface area contributed by atoms with Gasteiger partial charge in [-0.1, -0.05) is 24.3 Å². The first-order chi connectivity index (χ1) is 12.5. The molecule has 0 radical (unpaired) electrons. The van der Waals surface area contributed by atoms with Crippen LogP contribution in [0.25, 0.3) is 0 Å². The van der Waals surface area contributed by atoms with Gasteiger partial charge in [0.1, 0.15) is 0 Å². The molecular weight excluding hydrogens is 338 g/mol. The summed E-state index contributed by atoms with van der Waals surface area (Å²) >= 11 is 0. The van der Waals surface area contributed by atoms with E-state index in [-0.39, 0.29) is 11.6 Å². The molecule has 7 nitrogen and oxygen atoms in total. The van der Waals surface area contributed by atoms with Crippen molar-refractivity contribution in [1.82, 2.24) is 5.32 Å². The standard InChI is InChI=1S/C19H19NO6/c21-15-8-12(9-16(22)18(15)24)19(25)26-10-17(23)20-14-7-3-5-11-4-1-2-6-13(11)14/h1-2,4,6,8-9,14,21-22,24H,3,5,7,10H2,(H,20,23)/t14-/m0/s1. The summed E-state index contributed by atoms with van der Waals surface area (Å²) in [6.45, 7) is -0.486. The average molecular weight is 357 g/mol. The number of aromatic hydroxyl groups is 3. The summed E-state index contributed by atoms with van der Waals surface area (Å²) in [5.74, 6) is -3.36. The van der Waals surface area contributed by atoms with Crippen molar-refractivity contribution < 1.29 is 29.6 Å². The molecule has 0 fully saturated rings. The molecule has 2 aromatic rings. The van der Waals surface area contributed by atoms with E-state index in [1.54, 1.807) is 0 Å². The molecule has 1 aliphatic rings. The molecule has 0 unspecified atom stereocenters. The smallest absolute Gasteiger partial charge is 0.338 e. The molecule has 0 spiro atoms. The van der Waals surface area contributed by atoms with Crippen molar-refractivity contribution >= 4 is 11.9 Å². The third-order valence-corrected chi connectivity index (χ3v) is 4.34. The molecule has 0 bridgehead atoms. The van der Waals surface area contributed by atoms with E-state index in [9.17, 15) is 24.9 Å². The van der Waals surface area contributed by atoms with Crippen LogP contribution in [0.15, 0.2) is 36.4 Å². The lowest BCUT2D eigenvalue weighted by molar-refractivity contribution is -0.125. The lowest BCUT2D eigenvalue weighted by Crippen LogP contribution is -2.34. The van der Waals surface area contributed by atoms with Gasteiger partial charge in [0.2, 0.25) is 0 Å². The van der Waals surface area contributed by atoms with Crippen molar-refractivity contribution in [2.75, 3.05) is 6.61 Å². The van der Waals surface area contributed by atoms with Gasteiger partial charge in [0.25, 0.3) is 5.91 Å². The number of phenols is 3. The molecule has 1 atom stereocenters. The molecule has 7 heteroatoms. The van der Waals surface area contributed by atoms with Gasteiger partial charge < -0.3 is 25.4 Å². The molecule has 1 amide bonds. The first-order valence-electron chi connectivity index (χ1n) is 8.25. The largest absolute Gasteiger partial charge is 0.504 e. The van der Waals surface area contributed by atoms with Crippen LogP contribution in [0.1, 0.15) is 40.4 Å². The molecular formula is C19H19NO6. The minimum atomic E-state index is -0.894. The summed E-state index contributed by atoms with van der Waals surface area (Å²) in [5, 5.41) is 31.0. The lowest BCUT2D eigenvalue weighted by Gasteiger charge is -2.26. The number of hydrogen-bond acceptors (Lipinski definition) is 6. The summed E-state index contributed by atoms with van der Waals surface area (Å²) in [6.07, 6.45) is 2.76. The average Bonchev–Trinajstić information content (AvgIpc) is 2.64. The molecule has 0 saturated heterocycles. The van der Waals surface area contributed by atoms with Gasteiger partial charge in [-0.2, -0.15) is 0 Å². The van der Waals surface area contributed by atoms with E-state index in [1.165, 1.54) is 5.56 Å². The number of rotatable bonds is 4. The van der Waals surface area contributed by atoms with Crippen LogP contribution < -0.4 is 5.32 Å². The monoisotopic (exact) mass is 357 g/mol. The van der Waals surface area contributed by atoms with Gasteiger partial charge in [0.05, 0.1) is 11.6 Å². The number of benzene rings is 2. The highest BCUT2D eigenvalue weighted by Crippen LogP contribution is 2.35. The lowest BCUT2D eigenvalue weighted by atomic mass is 9.88. The van der Waals surface area contributed by atoms with Crippen LogP contribution in [0.5, 0.6) is 17.2 Å². The molecule has 2 aromatic carbocycles. The summed E-state index contributed by atoms with van der Waals surface area (Å²) in [6, 6.07) is 9.69. The van der Waals surface area contributed by atoms with Gasteiger partial charge in [-0.15, -0.1) is 0 Å².